The minimum atomic E-state index is -3.87. The molecule has 134 valence electrons. The standard InChI is InChI=1S/C16H17ClFN3O3S/c1-20(2)25(23,24)21(13-6-4-3-5-7-13)11-16(22)19-12-8-9-15(18)14(17)10-12/h3-10H,11H2,1-2H3,(H,19,22). The lowest BCUT2D eigenvalue weighted by atomic mass is 10.3. The molecule has 0 bridgehead atoms. The van der Waals surface area contributed by atoms with Gasteiger partial charge < -0.3 is 5.32 Å². The Morgan fingerprint density at radius 3 is 2.36 bits per heavy atom. The van der Waals surface area contributed by atoms with E-state index in [-0.39, 0.29) is 10.7 Å². The number of para-hydroxylation sites is 1. The lowest BCUT2D eigenvalue weighted by molar-refractivity contribution is -0.114. The molecule has 2 aromatic carbocycles. The molecule has 0 fully saturated rings. The van der Waals surface area contributed by atoms with Crippen LogP contribution >= 0.6 is 11.6 Å². The number of carbonyl (C=O) groups excluding carboxylic acids is 1. The summed E-state index contributed by atoms with van der Waals surface area (Å²) in [5.41, 5.74) is 0.621. The van der Waals surface area contributed by atoms with Crippen molar-refractivity contribution in [1.29, 1.82) is 0 Å². The van der Waals surface area contributed by atoms with Gasteiger partial charge in [0.05, 0.1) is 10.7 Å². The van der Waals surface area contributed by atoms with Gasteiger partial charge in [0.25, 0.3) is 0 Å². The predicted molar refractivity (Wildman–Crippen MR) is 96.4 cm³/mol. The molecule has 0 aliphatic rings. The molecule has 25 heavy (non-hydrogen) atoms. The van der Waals surface area contributed by atoms with E-state index in [1.807, 2.05) is 0 Å². The van der Waals surface area contributed by atoms with Crippen molar-refractivity contribution in [2.75, 3.05) is 30.3 Å². The van der Waals surface area contributed by atoms with Crippen LogP contribution in [0.25, 0.3) is 0 Å². The number of hydrogen-bond donors (Lipinski definition) is 1. The van der Waals surface area contributed by atoms with E-state index in [4.69, 9.17) is 11.6 Å². The van der Waals surface area contributed by atoms with E-state index in [9.17, 15) is 17.6 Å². The molecule has 0 atom stereocenters. The number of halogens is 2. The number of carbonyl (C=O) groups is 1. The fourth-order valence-corrected chi connectivity index (χ4v) is 3.25. The van der Waals surface area contributed by atoms with Crippen LogP contribution in [0.3, 0.4) is 0 Å². The number of nitrogens with one attached hydrogen (secondary N) is 1. The van der Waals surface area contributed by atoms with E-state index >= 15 is 0 Å². The Morgan fingerprint density at radius 1 is 1.16 bits per heavy atom. The van der Waals surface area contributed by atoms with Gasteiger partial charge in [-0.3, -0.25) is 4.79 Å². The first-order valence-corrected chi connectivity index (χ1v) is 8.99. The Hall–Kier alpha value is -2.16. The van der Waals surface area contributed by atoms with Crippen LogP contribution in [0.15, 0.2) is 48.5 Å². The van der Waals surface area contributed by atoms with E-state index in [0.717, 1.165) is 14.7 Å². The molecule has 0 saturated carbocycles. The second-order valence-electron chi connectivity index (χ2n) is 5.31. The topological polar surface area (TPSA) is 69.7 Å². The molecule has 0 spiro atoms. The van der Waals surface area contributed by atoms with Crippen molar-refractivity contribution >= 4 is 39.1 Å². The SMILES string of the molecule is CN(C)S(=O)(=O)N(CC(=O)Nc1ccc(F)c(Cl)c1)c1ccccc1. The van der Waals surface area contributed by atoms with Gasteiger partial charge in [0.1, 0.15) is 12.4 Å². The Bertz CT molecular complexity index is 860. The monoisotopic (exact) mass is 385 g/mol. The van der Waals surface area contributed by atoms with Gasteiger partial charge in [0.15, 0.2) is 0 Å². The Labute approximate surface area is 151 Å². The molecule has 0 heterocycles. The maximum Gasteiger partial charge on any atom is 0.304 e. The highest BCUT2D eigenvalue weighted by atomic mass is 35.5. The number of anilines is 2. The summed E-state index contributed by atoms with van der Waals surface area (Å²) in [6.07, 6.45) is 0. The van der Waals surface area contributed by atoms with Gasteiger partial charge in [-0.25, -0.2) is 8.70 Å². The molecule has 0 saturated heterocycles. The number of amides is 1. The van der Waals surface area contributed by atoms with Crippen molar-refractivity contribution in [1.82, 2.24) is 4.31 Å². The molecule has 0 unspecified atom stereocenters. The van der Waals surface area contributed by atoms with Gasteiger partial charge in [-0.15, -0.1) is 0 Å². The zero-order valence-corrected chi connectivity index (χ0v) is 15.2. The first kappa shape index (κ1) is 19.2. The first-order valence-electron chi connectivity index (χ1n) is 7.22. The lowest BCUT2D eigenvalue weighted by Crippen LogP contribution is -2.44. The van der Waals surface area contributed by atoms with Crippen LogP contribution in [0, 0.1) is 5.82 Å². The predicted octanol–water partition coefficient (Wildman–Crippen LogP) is 2.73. The van der Waals surface area contributed by atoms with E-state index in [0.29, 0.717) is 5.69 Å². The van der Waals surface area contributed by atoms with Crippen molar-refractivity contribution in [2.45, 2.75) is 0 Å². The second-order valence-corrected chi connectivity index (χ2v) is 7.78. The molecule has 2 rings (SSSR count). The smallest absolute Gasteiger partial charge is 0.304 e. The number of nitrogens with zero attached hydrogens (tertiary/aromatic N) is 2. The number of rotatable bonds is 6. The number of hydrogen-bond acceptors (Lipinski definition) is 3. The minimum Gasteiger partial charge on any atom is -0.324 e. The van der Waals surface area contributed by atoms with Gasteiger partial charge in [-0.2, -0.15) is 12.7 Å². The molecule has 0 aliphatic carbocycles. The molecular weight excluding hydrogens is 369 g/mol. The summed E-state index contributed by atoms with van der Waals surface area (Å²) >= 11 is 5.67. The molecule has 1 amide bonds. The average Bonchev–Trinajstić information content (AvgIpc) is 2.56. The zero-order valence-electron chi connectivity index (χ0n) is 13.6. The van der Waals surface area contributed by atoms with E-state index in [1.165, 1.54) is 26.2 Å². The van der Waals surface area contributed by atoms with Crippen LogP contribution in [0.1, 0.15) is 0 Å². The van der Waals surface area contributed by atoms with Crippen molar-refractivity contribution in [3.8, 4) is 0 Å². The van der Waals surface area contributed by atoms with Gasteiger partial charge in [0.2, 0.25) is 5.91 Å². The van der Waals surface area contributed by atoms with Crippen LogP contribution in [-0.2, 0) is 15.0 Å². The van der Waals surface area contributed by atoms with Crippen LogP contribution in [0.4, 0.5) is 15.8 Å². The van der Waals surface area contributed by atoms with Crippen molar-refractivity contribution < 1.29 is 17.6 Å². The number of benzene rings is 2. The summed E-state index contributed by atoms with van der Waals surface area (Å²) in [6, 6.07) is 12.0. The highest BCUT2D eigenvalue weighted by Gasteiger charge is 2.27. The molecule has 1 N–H and O–H groups in total. The van der Waals surface area contributed by atoms with Gasteiger partial charge in [-0.1, -0.05) is 29.8 Å². The molecule has 6 nitrogen and oxygen atoms in total. The summed E-state index contributed by atoms with van der Waals surface area (Å²) in [5.74, 6) is -1.20. The minimum absolute atomic E-state index is 0.140. The third-order valence-electron chi connectivity index (χ3n) is 3.27. The maximum absolute atomic E-state index is 13.2. The summed E-state index contributed by atoms with van der Waals surface area (Å²) in [6.45, 7) is -0.445. The molecule has 0 radical (unpaired) electrons. The fourth-order valence-electron chi connectivity index (χ4n) is 2.00. The summed E-state index contributed by atoms with van der Waals surface area (Å²) in [4.78, 5) is 12.3. The van der Waals surface area contributed by atoms with Crippen LogP contribution in [-0.4, -0.2) is 39.3 Å². The average molecular weight is 386 g/mol. The van der Waals surface area contributed by atoms with E-state index < -0.39 is 28.5 Å². The van der Waals surface area contributed by atoms with Crippen LogP contribution < -0.4 is 9.62 Å². The third-order valence-corrected chi connectivity index (χ3v) is 5.38. The van der Waals surface area contributed by atoms with Crippen molar-refractivity contribution in [3.63, 3.8) is 0 Å². The van der Waals surface area contributed by atoms with Gasteiger partial charge in [0, 0.05) is 19.8 Å². The van der Waals surface area contributed by atoms with Gasteiger partial charge >= 0.3 is 10.2 Å². The normalized spacial score (nSPS) is 11.4. The zero-order chi connectivity index (χ0) is 18.6. The summed E-state index contributed by atoms with van der Waals surface area (Å²) < 4.78 is 40.2. The summed E-state index contributed by atoms with van der Waals surface area (Å²) in [7, 11) is -1.12. The van der Waals surface area contributed by atoms with Crippen LogP contribution in [0.5, 0.6) is 0 Å². The molecular formula is C16H17ClFN3O3S. The van der Waals surface area contributed by atoms with E-state index in [2.05, 4.69) is 5.32 Å². The highest BCUT2D eigenvalue weighted by Crippen LogP contribution is 2.21. The second kappa shape index (κ2) is 7.81. The van der Waals surface area contributed by atoms with Crippen molar-refractivity contribution in [2.24, 2.45) is 0 Å². The third kappa shape index (κ3) is 4.68. The largest absolute Gasteiger partial charge is 0.324 e. The first-order chi connectivity index (χ1) is 11.7. The van der Waals surface area contributed by atoms with Crippen LogP contribution in [0.2, 0.25) is 5.02 Å². The molecule has 2 aromatic rings. The lowest BCUT2D eigenvalue weighted by Gasteiger charge is -2.26. The fraction of sp³-hybridized carbons (Fsp3) is 0.188. The van der Waals surface area contributed by atoms with E-state index in [1.54, 1.807) is 30.3 Å². The molecule has 9 heteroatoms. The van der Waals surface area contributed by atoms with Gasteiger partial charge in [-0.05, 0) is 30.3 Å². The highest BCUT2D eigenvalue weighted by molar-refractivity contribution is 7.90. The summed E-state index contributed by atoms with van der Waals surface area (Å²) in [5, 5.41) is 2.37. The molecule has 0 aliphatic heterocycles. The maximum atomic E-state index is 13.2. The Kier molecular flexibility index (Phi) is 5.99. The quantitative estimate of drug-likeness (QED) is 0.831. The van der Waals surface area contributed by atoms with Crippen molar-refractivity contribution in [3.05, 3.63) is 59.4 Å². The Morgan fingerprint density at radius 2 is 1.80 bits per heavy atom. The molecule has 0 aromatic heterocycles. The Balaban J connectivity index is 2.24.